The summed E-state index contributed by atoms with van der Waals surface area (Å²) in [7, 11) is 0. The van der Waals surface area contributed by atoms with Crippen LogP contribution in [0.5, 0.6) is 5.75 Å². The van der Waals surface area contributed by atoms with Gasteiger partial charge in [0.25, 0.3) is 0 Å². The molecular weight excluding hydrogens is 402 g/mol. The van der Waals surface area contributed by atoms with Crippen molar-refractivity contribution in [2.45, 2.75) is 19.9 Å². The Morgan fingerprint density at radius 2 is 2.00 bits per heavy atom. The zero-order valence-corrected chi connectivity index (χ0v) is 16.6. The van der Waals surface area contributed by atoms with E-state index in [1.165, 1.54) is 18.3 Å². The third-order valence-corrected chi connectivity index (χ3v) is 4.60. The van der Waals surface area contributed by atoms with Crippen molar-refractivity contribution >= 4 is 39.9 Å². The molecule has 0 aliphatic carbocycles. The zero-order valence-electron chi connectivity index (χ0n) is 15.0. The van der Waals surface area contributed by atoms with Gasteiger partial charge >= 0.3 is 0 Å². The van der Waals surface area contributed by atoms with Gasteiger partial charge in [0.1, 0.15) is 17.2 Å². The Hall–Kier alpha value is -2.84. The van der Waals surface area contributed by atoms with Gasteiger partial charge in [-0.2, -0.15) is 0 Å². The SMILES string of the molecule is CC(=O)NCc1ccc(-c2csc(NC(=O)CCOc3ccc(Cl)cc3)n2)o1. The first-order valence-corrected chi connectivity index (χ1v) is 9.72. The molecular formula is C19H18ClN3O4S. The first-order chi connectivity index (χ1) is 13.5. The van der Waals surface area contributed by atoms with Crippen LogP contribution < -0.4 is 15.4 Å². The van der Waals surface area contributed by atoms with Crippen LogP contribution in [0.15, 0.2) is 46.2 Å². The molecule has 0 aliphatic heterocycles. The van der Waals surface area contributed by atoms with Crippen molar-refractivity contribution in [2.24, 2.45) is 0 Å². The van der Waals surface area contributed by atoms with Crippen molar-refractivity contribution in [2.75, 3.05) is 11.9 Å². The second kappa shape index (κ2) is 9.38. The van der Waals surface area contributed by atoms with Crippen molar-refractivity contribution in [3.63, 3.8) is 0 Å². The number of carbonyl (C=O) groups excluding carboxylic acids is 2. The van der Waals surface area contributed by atoms with Gasteiger partial charge in [-0.1, -0.05) is 11.6 Å². The average Bonchev–Trinajstić information content (AvgIpc) is 3.31. The summed E-state index contributed by atoms with van der Waals surface area (Å²) in [6.45, 7) is 2.01. The van der Waals surface area contributed by atoms with E-state index in [9.17, 15) is 9.59 Å². The second-order valence-corrected chi connectivity index (χ2v) is 7.11. The highest BCUT2D eigenvalue weighted by molar-refractivity contribution is 7.14. The van der Waals surface area contributed by atoms with Crippen LogP contribution in [0.1, 0.15) is 19.1 Å². The molecule has 0 atom stereocenters. The van der Waals surface area contributed by atoms with Crippen LogP contribution >= 0.6 is 22.9 Å². The molecule has 2 N–H and O–H groups in total. The van der Waals surface area contributed by atoms with Crippen LogP contribution in [0.25, 0.3) is 11.5 Å². The maximum absolute atomic E-state index is 12.0. The summed E-state index contributed by atoms with van der Waals surface area (Å²) in [6, 6.07) is 10.5. The van der Waals surface area contributed by atoms with E-state index in [2.05, 4.69) is 15.6 Å². The molecule has 2 amide bonds. The number of anilines is 1. The van der Waals surface area contributed by atoms with Gasteiger partial charge in [0.05, 0.1) is 19.6 Å². The Bertz CT molecular complexity index is 952. The minimum atomic E-state index is -0.194. The van der Waals surface area contributed by atoms with E-state index in [-0.39, 0.29) is 24.8 Å². The number of halogens is 1. The van der Waals surface area contributed by atoms with Gasteiger partial charge in [0, 0.05) is 17.3 Å². The number of aromatic nitrogens is 1. The number of hydrogen-bond acceptors (Lipinski definition) is 6. The lowest BCUT2D eigenvalue weighted by Gasteiger charge is -2.05. The highest BCUT2D eigenvalue weighted by Gasteiger charge is 2.11. The number of thiazole rings is 1. The van der Waals surface area contributed by atoms with E-state index in [0.29, 0.717) is 39.7 Å². The fraction of sp³-hybridized carbons (Fsp3) is 0.211. The monoisotopic (exact) mass is 419 g/mol. The van der Waals surface area contributed by atoms with Crippen LogP contribution in [-0.2, 0) is 16.1 Å². The van der Waals surface area contributed by atoms with Gasteiger partial charge in [0.2, 0.25) is 11.8 Å². The topological polar surface area (TPSA) is 93.5 Å². The van der Waals surface area contributed by atoms with Crippen LogP contribution in [0.3, 0.4) is 0 Å². The van der Waals surface area contributed by atoms with Crippen molar-refractivity contribution in [3.8, 4) is 17.2 Å². The Kier molecular flexibility index (Phi) is 6.67. The van der Waals surface area contributed by atoms with E-state index >= 15 is 0 Å². The van der Waals surface area contributed by atoms with Gasteiger partial charge in [-0.25, -0.2) is 4.98 Å². The molecule has 0 fully saturated rings. The smallest absolute Gasteiger partial charge is 0.229 e. The summed E-state index contributed by atoms with van der Waals surface area (Å²) in [5, 5.41) is 8.31. The summed E-state index contributed by atoms with van der Waals surface area (Å²) in [5.41, 5.74) is 0.617. The summed E-state index contributed by atoms with van der Waals surface area (Å²) < 4.78 is 11.2. The van der Waals surface area contributed by atoms with Gasteiger partial charge in [-0.15, -0.1) is 11.3 Å². The zero-order chi connectivity index (χ0) is 19.9. The molecule has 0 bridgehead atoms. The molecule has 3 rings (SSSR count). The van der Waals surface area contributed by atoms with Crippen LogP contribution in [0, 0.1) is 0 Å². The molecule has 0 aliphatic rings. The maximum atomic E-state index is 12.0. The fourth-order valence-electron chi connectivity index (χ4n) is 2.24. The Labute approximate surface area is 170 Å². The van der Waals surface area contributed by atoms with E-state index in [0.717, 1.165) is 0 Å². The molecule has 9 heteroatoms. The molecule has 28 heavy (non-hydrogen) atoms. The van der Waals surface area contributed by atoms with Gasteiger partial charge in [-0.3, -0.25) is 9.59 Å². The van der Waals surface area contributed by atoms with E-state index in [4.69, 9.17) is 20.8 Å². The van der Waals surface area contributed by atoms with E-state index in [1.54, 1.807) is 41.8 Å². The molecule has 7 nitrogen and oxygen atoms in total. The minimum absolute atomic E-state index is 0.128. The minimum Gasteiger partial charge on any atom is -0.493 e. The van der Waals surface area contributed by atoms with Crippen LogP contribution in [-0.4, -0.2) is 23.4 Å². The third-order valence-electron chi connectivity index (χ3n) is 3.59. The average molecular weight is 420 g/mol. The van der Waals surface area contributed by atoms with Crippen LogP contribution in [0.2, 0.25) is 5.02 Å². The first-order valence-electron chi connectivity index (χ1n) is 8.47. The van der Waals surface area contributed by atoms with Gasteiger partial charge in [0.15, 0.2) is 10.9 Å². The Balaban J connectivity index is 1.47. The molecule has 1 aromatic carbocycles. The molecule has 0 saturated heterocycles. The molecule has 2 aromatic heterocycles. The molecule has 0 radical (unpaired) electrons. The van der Waals surface area contributed by atoms with Crippen molar-refractivity contribution in [3.05, 3.63) is 52.6 Å². The van der Waals surface area contributed by atoms with Crippen molar-refractivity contribution in [1.82, 2.24) is 10.3 Å². The fourth-order valence-corrected chi connectivity index (χ4v) is 3.08. The molecule has 2 heterocycles. The number of carbonyl (C=O) groups is 2. The number of nitrogens with zero attached hydrogens (tertiary/aromatic N) is 1. The normalized spacial score (nSPS) is 10.5. The van der Waals surface area contributed by atoms with Crippen LogP contribution in [0.4, 0.5) is 5.13 Å². The van der Waals surface area contributed by atoms with Gasteiger partial charge < -0.3 is 19.8 Å². The number of amides is 2. The summed E-state index contributed by atoms with van der Waals surface area (Å²) >= 11 is 7.12. The quantitative estimate of drug-likeness (QED) is 0.573. The number of benzene rings is 1. The van der Waals surface area contributed by atoms with Crippen molar-refractivity contribution < 1.29 is 18.7 Å². The second-order valence-electron chi connectivity index (χ2n) is 5.81. The molecule has 0 unspecified atom stereocenters. The summed E-state index contributed by atoms with van der Waals surface area (Å²) in [6.07, 6.45) is 0.194. The Morgan fingerprint density at radius 1 is 1.21 bits per heavy atom. The van der Waals surface area contributed by atoms with E-state index in [1.807, 2.05) is 0 Å². The van der Waals surface area contributed by atoms with Crippen molar-refractivity contribution in [1.29, 1.82) is 0 Å². The highest BCUT2D eigenvalue weighted by Crippen LogP contribution is 2.26. The maximum Gasteiger partial charge on any atom is 0.229 e. The largest absolute Gasteiger partial charge is 0.493 e. The first kappa shape index (κ1) is 19.9. The lowest BCUT2D eigenvalue weighted by molar-refractivity contribution is -0.119. The summed E-state index contributed by atoms with van der Waals surface area (Å²) in [5.74, 6) is 1.53. The number of hydrogen-bond donors (Lipinski definition) is 2. The lowest BCUT2D eigenvalue weighted by atomic mass is 10.3. The predicted octanol–water partition coefficient (Wildman–Crippen LogP) is 4.10. The predicted molar refractivity (Wildman–Crippen MR) is 108 cm³/mol. The summed E-state index contributed by atoms with van der Waals surface area (Å²) in [4.78, 5) is 27.4. The molecule has 0 saturated carbocycles. The third kappa shape index (κ3) is 5.83. The highest BCUT2D eigenvalue weighted by atomic mass is 35.5. The number of ether oxygens (including phenoxy) is 1. The number of rotatable bonds is 8. The standard InChI is InChI=1S/C19H18ClN3O4S/c1-12(24)21-10-15-6-7-17(27-15)16-11-28-19(22-16)23-18(25)8-9-26-14-4-2-13(20)3-5-14/h2-7,11H,8-10H2,1H3,(H,21,24)(H,22,23,25). The number of furan rings is 1. The molecule has 3 aromatic rings. The van der Waals surface area contributed by atoms with Gasteiger partial charge in [-0.05, 0) is 36.4 Å². The molecule has 0 spiro atoms. The Morgan fingerprint density at radius 3 is 2.75 bits per heavy atom. The van der Waals surface area contributed by atoms with E-state index < -0.39 is 0 Å². The lowest BCUT2D eigenvalue weighted by Crippen LogP contribution is -2.18. The molecule has 146 valence electrons. The number of nitrogens with one attached hydrogen (secondary N) is 2.